The average molecular weight is 308 g/mol. The van der Waals surface area contributed by atoms with E-state index in [1.807, 2.05) is 12.1 Å². The molecule has 0 bridgehead atoms. The van der Waals surface area contributed by atoms with Gasteiger partial charge in [-0.3, -0.25) is 0 Å². The highest BCUT2D eigenvalue weighted by atomic mass is 19.1. The maximum Gasteiger partial charge on any atom is 0.146 e. The number of piperazine rings is 1. The minimum absolute atomic E-state index is 0.109. The number of nitrogens with one attached hydrogen (secondary N) is 1. The Morgan fingerprint density at radius 1 is 1.18 bits per heavy atom. The zero-order valence-electron chi connectivity index (χ0n) is 14.1. The van der Waals surface area contributed by atoms with Crippen LogP contribution < -0.4 is 10.2 Å². The standard InChI is InChI=1S/C17H29FN4/c1-4-21-9-11-22(12-10-21)17-13-15(5-6-16(17)18)14-19-7-8-20(2)3/h5-6,13,19H,4,7-12,14H2,1-3H3. The van der Waals surface area contributed by atoms with E-state index in [1.54, 1.807) is 6.07 Å². The maximum atomic E-state index is 14.1. The first kappa shape index (κ1) is 17.2. The topological polar surface area (TPSA) is 21.8 Å². The van der Waals surface area contributed by atoms with Gasteiger partial charge in [0, 0.05) is 45.8 Å². The molecule has 1 heterocycles. The van der Waals surface area contributed by atoms with E-state index < -0.39 is 0 Å². The van der Waals surface area contributed by atoms with Gasteiger partial charge in [0.05, 0.1) is 5.69 Å². The third-order valence-electron chi connectivity index (χ3n) is 4.24. The van der Waals surface area contributed by atoms with Crippen molar-refractivity contribution in [2.24, 2.45) is 0 Å². The quantitative estimate of drug-likeness (QED) is 0.773. The van der Waals surface area contributed by atoms with Crippen LogP contribution in [0.15, 0.2) is 18.2 Å². The number of benzene rings is 1. The molecule has 124 valence electrons. The Labute approximate surface area is 133 Å². The lowest BCUT2D eigenvalue weighted by Crippen LogP contribution is -2.46. The molecule has 1 fully saturated rings. The van der Waals surface area contributed by atoms with Crippen molar-refractivity contribution < 1.29 is 4.39 Å². The molecule has 22 heavy (non-hydrogen) atoms. The van der Waals surface area contributed by atoms with Crippen LogP contribution in [0.5, 0.6) is 0 Å². The molecule has 0 aromatic heterocycles. The van der Waals surface area contributed by atoms with Gasteiger partial charge in [-0.15, -0.1) is 0 Å². The summed E-state index contributed by atoms with van der Waals surface area (Å²) < 4.78 is 14.1. The Morgan fingerprint density at radius 2 is 1.91 bits per heavy atom. The largest absolute Gasteiger partial charge is 0.367 e. The minimum Gasteiger partial charge on any atom is -0.367 e. The van der Waals surface area contributed by atoms with Crippen molar-refractivity contribution in [2.75, 3.05) is 64.8 Å². The number of likely N-dealkylation sites (N-methyl/N-ethyl adjacent to an activating group) is 2. The Bertz CT molecular complexity index is 456. The molecule has 1 aromatic rings. The molecule has 0 saturated carbocycles. The first-order valence-electron chi connectivity index (χ1n) is 8.21. The molecule has 4 nitrogen and oxygen atoms in total. The van der Waals surface area contributed by atoms with Crippen LogP contribution in [0.4, 0.5) is 10.1 Å². The van der Waals surface area contributed by atoms with Crippen molar-refractivity contribution in [3.63, 3.8) is 0 Å². The first-order chi connectivity index (χ1) is 10.6. The maximum absolute atomic E-state index is 14.1. The van der Waals surface area contributed by atoms with E-state index in [2.05, 4.69) is 41.0 Å². The third-order valence-corrected chi connectivity index (χ3v) is 4.24. The SMILES string of the molecule is CCN1CCN(c2cc(CNCCN(C)C)ccc2F)CC1. The van der Waals surface area contributed by atoms with Crippen LogP contribution in [-0.2, 0) is 6.54 Å². The summed E-state index contributed by atoms with van der Waals surface area (Å²) in [5.74, 6) is -0.109. The van der Waals surface area contributed by atoms with Gasteiger partial charge in [0.1, 0.15) is 5.82 Å². The summed E-state index contributed by atoms with van der Waals surface area (Å²) in [5.41, 5.74) is 1.90. The molecule has 1 saturated heterocycles. The number of nitrogens with zero attached hydrogens (tertiary/aromatic N) is 3. The highest BCUT2D eigenvalue weighted by Crippen LogP contribution is 2.22. The van der Waals surface area contributed by atoms with Crippen LogP contribution >= 0.6 is 0 Å². The molecule has 0 unspecified atom stereocenters. The van der Waals surface area contributed by atoms with Crippen LogP contribution in [0, 0.1) is 5.82 Å². The molecular weight excluding hydrogens is 279 g/mol. The Morgan fingerprint density at radius 3 is 2.55 bits per heavy atom. The lowest BCUT2D eigenvalue weighted by molar-refractivity contribution is 0.270. The van der Waals surface area contributed by atoms with Crippen molar-refractivity contribution in [1.82, 2.24) is 15.1 Å². The van der Waals surface area contributed by atoms with Gasteiger partial charge >= 0.3 is 0 Å². The predicted octanol–water partition coefficient (Wildman–Crippen LogP) is 1.62. The molecule has 1 aromatic carbocycles. The lowest BCUT2D eigenvalue weighted by Gasteiger charge is -2.35. The molecule has 1 aliphatic heterocycles. The van der Waals surface area contributed by atoms with E-state index in [1.165, 1.54) is 0 Å². The Kier molecular flexibility index (Phi) is 6.61. The number of rotatable bonds is 7. The molecule has 2 rings (SSSR count). The van der Waals surface area contributed by atoms with Gasteiger partial charge in [-0.25, -0.2) is 4.39 Å². The second-order valence-electron chi connectivity index (χ2n) is 6.19. The monoisotopic (exact) mass is 308 g/mol. The number of hydrogen-bond donors (Lipinski definition) is 1. The van der Waals surface area contributed by atoms with Crippen molar-refractivity contribution >= 4 is 5.69 Å². The van der Waals surface area contributed by atoms with Gasteiger partial charge in [-0.2, -0.15) is 0 Å². The number of halogens is 1. The summed E-state index contributed by atoms with van der Waals surface area (Å²) in [5, 5.41) is 3.41. The third kappa shape index (κ3) is 4.93. The first-order valence-corrected chi connectivity index (χ1v) is 8.21. The van der Waals surface area contributed by atoms with Crippen LogP contribution in [-0.4, -0.2) is 69.7 Å². The van der Waals surface area contributed by atoms with Crippen molar-refractivity contribution in [3.8, 4) is 0 Å². The van der Waals surface area contributed by atoms with Gasteiger partial charge in [0.25, 0.3) is 0 Å². The molecule has 1 N–H and O–H groups in total. The van der Waals surface area contributed by atoms with E-state index in [-0.39, 0.29) is 5.82 Å². The minimum atomic E-state index is -0.109. The summed E-state index contributed by atoms with van der Waals surface area (Å²) in [7, 11) is 4.13. The fourth-order valence-corrected chi connectivity index (χ4v) is 2.75. The highest BCUT2D eigenvalue weighted by Gasteiger charge is 2.18. The molecule has 0 atom stereocenters. The van der Waals surface area contributed by atoms with Crippen LogP contribution in [0.2, 0.25) is 0 Å². The number of hydrogen-bond acceptors (Lipinski definition) is 4. The summed E-state index contributed by atoms with van der Waals surface area (Å²) in [4.78, 5) is 6.72. The van der Waals surface area contributed by atoms with Crippen LogP contribution in [0.3, 0.4) is 0 Å². The zero-order valence-corrected chi connectivity index (χ0v) is 14.1. The van der Waals surface area contributed by atoms with Crippen molar-refractivity contribution in [3.05, 3.63) is 29.6 Å². The number of anilines is 1. The van der Waals surface area contributed by atoms with Crippen LogP contribution in [0.1, 0.15) is 12.5 Å². The second-order valence-corrected chi connectivity index (χ2v) is 6.19. The van der Waals surface area contributed by atoms with Gasteiger partial charge in [0.2, 0.25) is 0 Å². The van der Waals surface area contributed by atoms with E-state index in [0.717, 1.165) is 63.6 Å². The van der Waals surface area contributed by atoms with E-state index in [9.17, 15) is 4.39 Å². The van der Waals surface area contributed by atoms with Gasteiger partial charge < -0.3 is 20.0 Å². The van der Waals surface area contributed by atoms with E-state index >= 15 is 0 Å². The fraction of sp³-hybridized carbons (Fsp3) is 0.647. The highest BCUT2D eigenvalue weighted by molar-refractivity contribution is 5.50. The smallest absolute Gasteiger partial charge is 0.146 e. The van der Waals surface area contributed by atoms with Crippen molar-refractivity contribution in [2.45, 2.75) is 13.5 Å². The molecule has 0 aliphatic carbocycles. The Hall–Kier alpha value is -1.17. The van der Waals surface area contributed by atoms with E-state index in [0.29, 0.717) is 0 Å². The molecule has 0 spiro atoms. The average Bonchev–Trinajstić information content (AvgIpc) is 2.53. The summed E-state index contributed by atoms with van der Waals surface area (Å²) in [6, 6.07) is 5.48. The Balaban J connectivity index is 1.92. The summed E-state index contributed by atoms with van der Waals surface area (Å²) in [6.07, 6.45) is 0. The van der Waals surface area contributed by atoms with E-state index in [4.69, 9.17) is 0 Å². The normalized spacial score (nSPS) is 16.5. The molecule has 0 amide bonds. The van der Waals surface area contributed by atoms with Gasteiger partial charge in [0.15, 0.2) is 0 Å². The van der Waals surface area contributed by atoms with Gasteiger partial charge in [-0.1, -0.05) is 13.0 Å². The van der Waals surface area contributed by atoms with Gasteiger partial charge in [-0.05, 0) is 38.3 Å². The lowest BCUT2D eigenvalue weighted by atomic mass is 10.1. The zero-order chi connectivity index (χ0) is 15.9. The molecule has 1 aliphatic rings. The summed E-state index contributed by atoms with van der Waals surface area (Å²) >= 11 is 0. The van der Waals surface area contributed by atoms with Crippen molar-refractivity contribution in [1.29, 1.82) is 0 Å². The summed E-state index contributed by atoms with van der Waals surface area (Å²) in [6.45, 7) is 9.83. The predicted molar refractivity (Wildman–Crippen MR) is 91.0 cm³/mol. The molecule has 0 radical (unpaired) electrons. The van der Waals surface area contributed by atoms with Crippen LogP contribution in [0.25, 0.3) is 0 Å². The fourth-order valence-electron chi connectivity index (χ4n) is 2.75. The molecular formula is C17H29FN4. The second kappa shape index (κ2) is 8.46. The molecule has 5 heteroatoms.